The van der Waals surface area contributed by atoms with Crippen LogP contribution in [0.1, 0.15) is 35.4 Å². The normalized spacial score (nSPS) is 14.8. The molecule has 0 heterocycles. The van der Waals surface area contributed by atoms with Crippen LogP contribution >= 0.6 is 0 Å². The molecule has 0 atom stereocenters. The number of fused-ring (bicyclic) bond motifs is 1. The van der Waals surface area contributed by atoms with Gasteiger partial charge in [0.25, 0.3) is 0 Å². The first-order chi connectivity index (χ1) is 8.20. The predicted octanol–water partition coefficient (Wildman–Crippen LogP) is 3.59. The predicted molar refractivity (Wildman–Crippen MR) is 73.0 cm³/mol. The topological polar surface area (TPSA) is 26.0 Å². The summed E-state index contributed by atoms with van der Waals surface area (Å²) in [6.07, 6.45) is 8.18. The van der Waals surface area contributed by atoms with Crippen molar-refractivity contribution in [2.75, 3.05) is 5.73 Å². The van der Waals surface area contributed by atoms with Gasteiger partial charge in [-0.3, -0.25) is 0 Å². The van der Waals surface area contributed by atoms with Gasteiger partial charge in [0.2, 0.25) is 0 Å². The van der Waals surface area contributed by atoms with E-state index in [0.717, 1.165) is 11.3 Å². The molecule has 2 aromatic rings. The molecule has 0 unspecified atom stereocenters. The number of anilines is 1. The Morgan fingerprint density at radius 2 is 2.06 bits per heavy atom. The Kier molecular flexibility index (Phi) is 2.12. The number of hydrogen-bond donors (Lipinski definition) is 1. The second-order valence-electron chi connectivity index (χ2n) is 4.88. The van der Waals surface area contributed by atoms with Crippen molar-refractivity contribution in [2.24, 2.45) is 0 Å². The number of rotatable bonds is 1. The number of nitrogen functional groups attached to an aromatic ring is 1. The molecule has 1 fully saturated rings. The Hall–Kier alpha value is -1.94. The zero-order chi connectivity index (χ0) is 12.0. The molecule has 3 rings (SSSR count). The summed E-state index contributed by atoms with van der Waals surface area (Å²) in [5.41, 5.74) is 10.4. The van der Waals surface area contributed by atoms with Gasteiger partial charge in [-0.15, -0.1) is 6.42 Å². The Bertz CT molecular complexity index is 643. The molecule has 0 aliphatic heterocycles. The SMILES string of the molecule is C#Cc1c(C)ccc2cc(N)cc(C3CC3)c12. The number of terminal acetylenes is 1. The van der Waals surface area contributed by atoms with Gasteiger partial charge in [-0.2, -0.15) is 0 Å². The molecule has 1 aliphatic carbocycles. The molecule has 0 spiro atoms. The van der Waals surface area contributed by atoms with Crippen LogP contribution in [-0.4, -0.2) is 0 Å². The molecule has 17 heavy (non-hydrogen) atoms. The zero-order valence-corrected chi connectivity index (χ0v) is 9.96. The smallest absolute Gasteiger partial charge is 0.0353 e. The van der Waals surface area contributed by atoms with Gasteiger partial charge in [-0.05, 0) is 54.3 Å². The van der Waals surface area contributed by atoms with Crippen molar-refractivity contribution in [3.63, 3.8) is 0 Å². The summed E-state index contributed by atoms with van der Waals surface area (Å²) in [5.74, 6) is 3.50. The zero-order valence-electron chi connectivity index (χ0n) is 9.96. The van der Waals surface area contributed by atoms with Crippen LogP contribution in [0.4, 0.5) is 5.69 Å². The van der Waals surface area contributed by atoms with E-state index in [1.165, 1.54) is 34.7 Å². The van der Waals surface area contributed by atoms with E-state index in [9.17, 15) is 0 Å². The fourth-order valence-corrected chi connectivity index (χ4v) is 2.53. The average Bonchev–Trinajstić information content (AvgIpc) is 3.12. The third kappa shape index (κ3) is 1.57. The lowest BCUT2D eigenvalue weighted by molar-refractivity contribution is 1.15. The van der Waals surface area contributed by atoms with Crippen LogP contribution in [-0.2, 0) is 0 Å². The lowest BCUT2D eigenvalue weighted by Gasteiger charge is -2.11. The molecule has 0 aromatic heterocycles. The summed E-state index contributed by atoms with van der Waals surface area (Å²) < 4.78 is 0. The Labute approximate surface area is 102 Å². The molecular formula is C16H15N. The molecule has 0 amide bonds. The summed E-state index contributed by atoms with van der Waals surface area (Å²) >= 11 is 0. The molecule has 1 saturated carbocycles. The molecule has 0 bridgehead atoms. The van der Waals surface area contributed by atoms with Gasteiger partial charge in [0.15, 0.2) is 0 Å². The van der Waals surface area contributed by atoms with E-state index < -0.39 is 0 Å². The standard InChI is InChI=1S/C16H15N/c1-3-14-10(2)4-5-12-8-13(17)9-15(16(12)14)11-6-7-11/h1,4-5,8-9,11H,6-7,17H2,2H3. The fraction of sp³-hybridized carbons (Fsp3) is 0.250. The second kappa shape index (κ2) is 3.53. The monoisotopic (exact) mass is 221 g/mol. The summed E-state index contributed by atoms with van der Waals surface area (Å²) in [7, 11) is 0. The van der Waals surface area contributed by atoms with Crippen molar-refractivity contribution in [3.8, 4) is 12.3 Å². The third-order valence-electron chi connectivity index (χ3n) is 3.54. The van der Waals surface area contributed by atoms with Gasteiger partial charge in [0.05, 0.1) is 0 Å². The fourth-order valence-electron chi connectivity index (χ4n) is 2.53. The average molecular weight is 221 g/mol. The van der Waals surface area contributed by atoms with Crippen LogP contribution < -0.4 is 5.73 Å². The Morgan fingerprint density at radius 1 is 1.29 bits per heavy atom. The van der Waals surface area contributed by atoms with Gasteiger partial charge < -0.3 is 5.73 Å². The molecule has 0 radical (unpaired) electrons. The number of aryl methyl sites for hydroxylation is 1. The van der Waals surface area contributed by atoms with Crippen LogP contribution in [0.2, 0.25) is 0 Å². The van der Waals surface area contributed by atoms with Gasteiger partial charge >= 0.3 is 0 Å². The first kappa shape index (κ1) is 10.2. The lowest BCUT2D eigenvalue weighted by Crippen LogP contribution is -1.94. The molecule has 1 aliphatic rings. The van der Waals surface area contributed by atoms with Gasteiger partial charge in [0, 0.05) is 16.6 Å². The van der Waals surface area contributed by atoms with Crippen LogP contribution in [0.3, 0.4) is 0 Å². The first-order valence-electron chi connectivity index (χ1n) is 6.00. The minimum Gasteiger partial charge on any atom is -0.399 e. The minimum atomic E-state index is 0.662. The molecular weight excluding hydrogens is 206 g/mol. The van der Waals surface area contributed by atoms with Gasteiger partial charge in [-0.25, -0.2) is 0 Å². The van der Waals surface area contributed by atoms with E-state index in [1.807, 2.05) is 6.07 Å². The van der Waals surface area contributed by atoms with Gasteiger partial charge in [0.1, 0.15) is 0 Å². The van der Waals surface area contributed by atoms with E-state index in [1.54, 1.807) is 0 Å². The second-order valence-corrected chi connectivity index (χ2v) is 4.88. The number of nitrogens with two attached hydrogens (primary N) is 1. The van der Waals surface area contributed by atoms with E-state index in [-0.39, 0.29) is 0 Å². The van der Waals surface area contributed by atoms with Crippen molar-refractivity contribution in [3.05, 3.63) is 41.0 Å². The van der Waals surface area contributed by atoms with Crippen molar-refractivity contribution in [1.29, 1.82) is 0 Å². The van der Waals surface area contributed by atoms with Crippen molar-refractivity contribution < 1.29 is 0 Å². The van der Waals surface area contributed by atoms with E-state index in [0.29, 0.717) is 5.92 Å². The maximum absolute atomic E-state index is 5.97. The summed E-state index contributed by atoms with van der Waals surface area (Å²) in [6, 6.07) is 8.31. The van der Waals surface area contributed by atoms with Crippen molar-refractivity contribution >= 4 is 16.5 Å². The largest absolute Gasteiger partial charge is 0.399 e. The van der Waals surface area contributed by atoms with Crippen molar-refractivity contribution in [2.45, 2.75) is 25.7 Å². The number of benzene rings is 2. The Balaban J connectivity index is 2.45. The van der Waals surface area contributed by atoms with E-state index in [4.69, 9.17) is 12.2 Å². The quantitative estimate of drug-likeness (QED) is 0.578. The van der Waals surface area contributed by atoms with Crippen LogP contribution in [0, 0.1) is 19.3 Å². The lowest BCUT2D eigenvalue weighted by atomic mass is 9.93. The number of hydrogen-bond acceptors (Lipinski definition) is 1. The van der Waals surface area contributed by atoms with Crippen molar-refractivity contribution in [1.82, 2.24) is 0 Å². The third-order valence-corrected chi connectivity index (χ3v) is 3.54. The summed E-state index contributed by atoms with van der Waals surface area (Å²) in [5, 5.41) is 2.41. The van der Waals surface area contributed by atoms with Crippen LogP contribution in [0.15, 0.2) is 24.3 Å². The minimum absolute atomic E-state index is 0.662. The van der Waals surface area contributed by atoms with Crippen LogP contribution in [0.5, 0.6) is 0 Å². The molecule has 2 aromatic carbocycles. The van der Waals surface area contributed by atoms with E-state index >= 15 is 0 Å². The summed E-state index contributed by atoms with van der Waals surface area (Å²) in [6.45, 7) is 2.07. The highest BCUT2D eigenvalue weighted by atomic mass is 14.5. The maximum Gasteiger partial charge on any atom is 0.0353 e. The maximum atomic E-state index is 5.97. The summed E-state index contributed by atoms with van der Waals surface area (Å²) in [4.78, 5) is 0. The molecule has 84 valence electrons. The molecule has 1 heteroatoms. The first-order valence-corrected chi connectivity index (χ1v) is 6.00. The highest BCUT2D eigenvalue weighted by molar-refractivity contribution is 5.95. The Morgan fingerprint density at radius 3 is 2.71 bits per heavy atom. The molecule has 1 nitrogen and oxygen atoms in total. The van der Waals surface area contributed by atoms with E-state index in [2.05, 4.69) is 31.0 Å². The van der Waals surface area contributed by atoms with Gasteiger partial charge in [-0.1, -0.05) is 18.1 Å². The highest BCUT2D eigenvalue weighted by Crippen LogP contribution is 2.45. The highest BCUT2D eigenvalue weighted by Gasteiger charge is 2.26. The molecule has 0 saturated heterocycles. The molecule has 2 N–H and O–H groups in total. The van der Waals surface area contributed by atoms with Crippen LogP contribution in [0.25, 0.3) is 10.8 Å².